The molecule has 1 aromatic carbocycles. The zero-order valence-corrected chi connectivity index (χ0v) is 12.0. The minimum Gasteiger partial charge on any atom is -0.314 e. The van der Waals surface area contributed by atoms with Gasteiger partial charge < -0.3 is 5.32 Å². The highest BCUT2D eigenvalue weighted by Crippen LogP contribution is 2.27. The Morgan fingerprint density at radius 1 is 1.53 bits per heavy atom. The molecule has 0 aromatic heterocycles. The summed E-state index contributed by atoms with van der Waals surface area (Å²) in [6, 6.07) is 6.06. The fourth-order valence-electron chi connectivity index (χ4n) is 2.08. The van der Waals surface area contributed by atoms with Crippen LogP contribution in [0.5, 0.6) is 0 Å². The van der Waals surface area contributed by atoms with E-state index in [1.807, 2.05) is 13.0 Å². The number of piperazine rings is 1. The quantitative estimate of drug-likeness (QED) is 0.890. The van der Waals surface area contributed by atoms with Gasteiger partial charge in [-0.3, -0.25) is 0 Å². The molecule has 7 heteroatoms. The Kier molecular flexibility index (Phi) is 4.11. The molecule has 5 nitrogen and oxygen atoms in total. The molecule has 1 heterocycles. The van der Waals surface area contributed by atoms with Crippen molar-refractivity contribution < 1.29 is 8.42 Å². The number of hydrogen-bond acceptors (Lipinski definition) is 4. The van der Waals surface area contributed by atoms with Gasteiger partial charge in [0.25, 0.3) is 0 Å². The van der Waals surface area contributed by atoms with Crippen molar-refractivity contribution in [3.63, 3.8) is 0 Å². The van der Waals surface area contributed by atoms with Crippen LogP contribution in [-0.2, 0) is 10.0 Å². The maximum atomic E-state index is 12.6. The van der Waals surface area contributed by atoms with Gasteiger partial charge in [-0.1, -0.05) is 11.6 Å². The first-order chi connectivity index (χ1) is 8.96. The maximum Gasteiger partial charge on any atom is 0.244 e. The Balaban J connectivity index is 2.47. The minimum atomic E-state index is -3.66. The highest BCUT2D eigenvalue weighted by Gasteiger charge is 2.32. The van der Waals surface area contributed by atoms with Crippen LogP contribution >= 0.6 is 11.6 Å². The SMILES string of the molecule is C[C@H]1CNCCN1S(=O)(=O)c1cc(C#N)ccc1Cl. The highest BCUT2D eigenvalue weighted by atomic mass is 35.5. The summed E-state index contributed by atoms with van der Waals surface area (Å²) in [7, 11) is -3.66. The van der Waals surface area contributed by atoms with Crippen molar-refractivity contribution in [1.82, 2.24) is 9.62 Å². The summed E-state index contributed by atoms with van der Waals surface area (Å²) in [6.07, 6.45) is 0. The summed E-state index contributed by atoms with van der Waals surface area (Å²) in [5.41, 5.74) is 0.283. The number of nitriles is 1. The number of halogens is 1. The van der Waals surface area contributed by atoms with Crippen molar-refractivity contribution in [2.75, 3.05) is 19.6 Å². The van der Waals surface area contributed by atoms with Crippen molar-refractivity contribution in [2.45, 2.75) is 17.9 Å². The van der Waals surface area contributed by atoms with Crippen LogP contribution in [0.15, 0.2) is 23.1 Å². The molecule has 0 aliphatic carbocycles. The van der Waals surface area contributed by atoms with Gasteiger partial charge in [-0.15, -0.1) is 0 Å². The molecule has 1 saturated heterocycles. The van der Waals surface area contributed by atoms with Crippen LogP contribution in [0, 0.1) is 11.3 Å². The van der Waals surface area contributed by atoms with E-state index in [0.717, 1.165) is 0 Å². The molecule has 1 aliphatic rings. The van der Waals surface area contributed by atoms with Gasteiger partial charge in [0.2, 0.25) is 10.0 Å². The molecule has 0 bridgehead atoms. The highest BCUT2D eigenvalue weighted by molar-refractivity contribution is 7.89. The lowest BCUT2D eigenvalue weighted by atomic mass is 10.2. The normalized spacial score (nSPS) is 21.0. The maximum absolute atomic E-state index is 12.6. The molecule has 1 aliphatic heterocycles. The van der Waals surface area contributed by atoms with E-state index < -0.39 is 10.0 Å². The van der Waals surface area contributed by atoms with Gasteiger partial charge in [0.15, 0.2) is 0 Å². The molecule has 1 aromatic rings. The van der Waals surface area contributed by atoms with Crippen LogP contribution in [0.1, 0.15) is 12.5 Å². The standard InChI is InChI=1S/C12H14ClN3O2S/c1-9-8-15-4-5-16(9)19(17,18)12-6-10(7-14)2-3-11(12)13/h2-3,6,9,15H,4-5,8H2,1H3/t9-/m0/s1. The molecule has 0 radical (unpaired) electrons. The Hall–Kier alpha value is -1.13. The average molecular weight is 300 g/mol. The first kappa shape index (κ1) is 14.3. The summed E-state index contributed by atoms with van der Waals surface area (Å²) in [5.74, 6) is 0. The first-order valence-corrected chi connectivity index (χ1v) is 7.71. The van der Waals surface area contributed by atoms with E-state index in [-0.39, 0.29) is 21.5 Å². The molecule has 19 heavy (non-hydrogen) atoms. The smallest absolute Gasteiger partial charge is 0.244 e. The average Bonchev–Trinajstić information content (AvgIpc) is 2.39. The molecule has 1 N–H and O–H groups in total. The molecule has 1 fully saturated rings. The summed E-state index contributed by atoms with van der Waals surface area (Å²) in [4.78, 5) is 0.00182. The fourth-order valence-corrected chi connectivity index (χ4v) is 4.21. The minimum absolute atomic E-state index is 0.00182. The Labute approximate surface area is 117 Å². The van der Waals surface area contributed by atoms with Crippen LogP contribution in [0.4, 0.5) is 0 Å². The van der Waals surface area contributed by atoms with Crippen molar-refractivity contribution in [1.29, 1.82) is 5.26 Å². The second-order valence-electron chi connectivity index (χ2n) is 4.43. The second kappa shape index (κ2) is 5.47. The number of sulfonamides is 1. The summed E-state index contributed by atoms with van der Waals surface area (Å²) < 4.78 is 26.6. The van der Waals surface area contributed by atoms with Crippen molar-refractivity contribution in [3.8, 4) is 6.07 Å². The molecule has 0 spiro atoms. The molecular formula is C12H14ClN3O2S. The van der Waals surface area contributed by atoms with Gasteiger partial charge in [-0.2, -0.15) is 9.57 Å². The zero-order valence-electron chi connectivity index (χ0n) is 10.4. The van der Waals surface area contributed by atoms with Crippen molar-refractivity contribution in [2.24, 2.45) is 0 Å². The number of rotatable bonds is 2. The molecule has 2 rings (SSSR count). The molecule has 0 unspecified atom stereocenters. The Morgan fingerprint density at radius 3 is 2.89 bits per heavy atom. The Morgan fingerprint density at radius 2 is 2.26 bits per heavy atom. The third-order valence-corrected chi connectivity index (χ3v) is 5.58. The molecular weight excluding hydrogens is 286 g/mol. The number of hydrogen-bond donors (Lipinski definition) is 1. The van der Waals surface area contributed by atoms with Gasteiger partial charge >= 0.3 is 0 Å². The van der Waals surface area contributed by atoms with Crippen molar-refractivity contribution >= 4 is 21.6 Å². The number of nitrogens with zero attached hydrogens (tertiary/aromatic N) is 2. The molecule has 1 atom stereocenters. The van der Waals surface area contributed by atoms with E-state index >= 15 is 0 Å². The summed E-state index contributed by atoms with van der Waals surface area (Å²) in [5, 5.41) is 12.1. The van der Waals surface area contributed by atoms with Crippen LogP contribution in [0.3, 0.4) is 0 Å². The first-order valence-electron chi connectivity index (χ1n) is 5.89. The molecule has 102 valence electrons. The third-order valence-electron chi connectivity index (χ3n) is 3.09. The largest absolute Gasteiger partial charge is 0.314 e. The van der Waals surface area contributed by atoms with E-state index in [9.17, 15) is 8.42 Å². The van der Waals surface area contributed by atoms with E-state index in [1.165, 1.54) is 22.5 Å². The van der Waals surface area contributed by atoms with E-state index in [2.05, 4.69) is 5.32 Å². The lowest BCUT2D eigenvalue weighted by Crippen LogP contribution is -2.52. The topological polar surface area (TPSA) is 73.2 Å². The predicted molar refractivity (Wildman–Crippen MR) is 72.4 cm³/mol. The molecule has 0 amide bonds. The van der Waals surface area contributed by atoms with Crippen LogP contribution in [0.25, 0.3) is 0 Å². The second-order valence-corrected chi connectivity index (χ2v) is 6.69. The van der Waals surface area contributed by atoms with Crippen molar-refractivity contribution in [3.05, 3.63) is 28.8 Å². The monoisotopic (exact) mass is 299 g/mol. The van der Waals surface area contributed by atoms with Crippen LogP contribution < -0.4 is 5.32 Å². The number of benzene rings is 1. The van der Waals surface area contributed by atoms with Crippen LogP contribution in [0.2, 0.25) is 5.02 Å². The van der Waals surface area contributed by atoms with Gasteiger partial charge in [0.05, 0.1) is 16.7 Å². The van der Waals surface area contributed by atoms with E-state index in [0.29, 0.717) is 19.6 Å². The fraction of sp³-hybridized carbons (Fsp3) is 0.417. The van der Waals surface area contributed by atoms with E-state index in [4.69, 9.17) is 16.9 Å². The predicted octanol–water partition coefficient (Wildman–Crippen LogP) is 1.19. The summed E-state index contributed by atoms with van der Waals surface area (Å²) in [6.45, 7) is 3.45. The lowest BCUT2D eigenvalue weighted by molar-refractivity contribution is 0.284. The van der Waals surface area contributed by atoms with Crippen LogP contribution in [-0.4, -0.2) is 38.4 Å². The zero-order chi connectivity index (χ0) is 14.0. The van der Waals surface area contributed by atoms with Gasteiger partial charge in [-0.25, -0.2) is 8.42 Å². The third kappa shape index (κ3) is 2.74. The molecule has 0 saturated carbocycles. The van der Waals surface area contributed by atoms with Gasteiger partial charge in [0.1, 0.15) is 4.90 Å². The van der Waals surface area contributed by atoms with Gasteiger partial charge in [-0.05, 0) is 25.1 Å². The summed E-state index contributed by atoms with van der Waals surface area (Å²) >= 11 is 5.97. The van der Waals surface area contributed by atoms with E-state index in [1.54, 1.807) is 0 Å². The number of nitrogens with one attached hydrogen (secondary N) is 1. The lowest BCUT2D eigenvalue weighted by Gasteiger charge is -2.33. The van der Waals surface area contributed by atoms with Gasteiger partial charge in [0, 0.05) is 25.7 Å². The Bertz CT molecular complexity index is 624.